The van der Waals surface area contributed by atoms with Gasteiger partial charge in [-0.2, -0.15) is 0 Å². The van der Waals surface area contributed by atoms with E-state index >= 15 is 0 Å². The fraction of sp³-hybridized carbons (Fsp3) is 1.00. The predicted molar refractivity (Wildman–Crippen MR) is 64.2 cm³/mol. The van der Waals surface area contributed by atoms with Gasteiger partial charge in [0.05, 0.1) is 0 Å². The minimum atomic E-state index is 0.861. The fourth-order valence-electron chi connectivity index (χ4n) is 2.66. The van der Waals surface area contributed by atoms with Crippen LogP contribution >= 0.6 is 0 Å². The van der Waals surface area contributed by atoms with Crippen molar-refractivity contribution in [3.05, 3.63) is 0 Å². The summed E-state index contributed by atoms with van der Waals surface area (Å²) < 4.78 is 0. The van der Waals surface area contributed by atoms with Gasteiger partial charge in [-0.05, 0) is 33.5 Å². The molecule has 0 N–H and O–H groups in total. The van der Waals surface area contributed by atoms with Crippen molar-refractivity contribution < 1.29 is 0 Å². The number of likely N-dealkylation sites (N-methyl/N-ethyl adjacent to an activating group) is 1. The summed E-state index contributed by atoms with van der Waals surface area (Å²) in [5.74, 6) is 0. The van der Waals surface area contributed by atoms with Gasteiger partial charge in [0.15, 0.2) is 0 Å². The molecule has 1 saturated carbocycles. The van der Waals surface area contributed by atoms with Gasteiger partial charge in [-0.25, -0.2) is 0 Å². The maximum absolute atomic E-state index is 2.69. The van der Waals surface area contributed by atoms with Gasteiger partial charge in [0.1, 0.15) is 0 Å². The molecule has 2 rings (SSSR count). The lowest BCUT2D eigenvalue weighted by Crippen LogP contribution is -2.57. The molecule has 0 atom stereocenters. The van der Waals surface area contributed by atoms with Gasteiger partial charge in [0.2, 0.25) is 0 Å². The Kier molecular flexibility index (Phi) is 3.65. The van der Waals surface area contributed by atoms with Gasteiger partial charge in [-0.3, -0.25) is 4.90 Å². The zero-order valence-electron chi connectivity index (χ0n) is 10.4. The van der Waals surface area contributed by atoms with Crippen molar-refractivity contribution in [1.82, 2.24) is 14.7 Å². The number of hydrogen-bond acceptors (Lipinski definition) is 3. The van der Waals surface area contributed by atoms with Gasteiger partial charge in [-0.1, -0.05) is 6.92 Å². The van der Waals surface area contributed by atoms with Gasteiger partial charge < -0.3 is 9.80 Å². The van der Waals surface area contributed by atoms with Gasteiger partial charge >= 0.3 is 0 Å². The molecule has 0 amide bonds. The van der Waals surface area contributed by atoms with Crippen LogP contribution in [0.5, 0.6) is 0 Å². The van der Waals surface area contributed by atoms with Crippen LogP contribution in [0.15, 0.2) is 0 Å². The van der Waals surface area contributed by atoms with Gasteiger partial charge in [0, 0.05) is 38.3 Å². The Morgan fingerprint density at radius 2 is 1.73 bits per heavy atom. The van der Waals surface area contributed by atoms with Crippen molar-refractivity contribution >= 4 is 0 Å². The zero-order chi connectivity index (χ0) is 10.8. The van der Waals surface area contributed by atoms with E-state index in [1.54, 1.807) is 0 Å². The molecule has 1 heterocycles. The molecule has 2 aliphatic rings. The predicted octanol–water partition coefficient (Wildman–Crippen LogP) is 0.717. The molecular weight excluding hydrogens is 186 g/mol. The molecule has 15 heavy (non-hydrogen) atoms. The summed E-state index contributed by atoms with van der Waals surface area (Å²) in [4.78, 5) is 7.62. The van der Waals surface area contributed by atoms with Crippen molar-refractivity contribution in [2.75, 3.05) is 46.8 Å². The molecule has 0 unspecified atom stereocenters. The average molecular weight is 211 g/mol. The highest BCUT2D eigenvalue weighted by atomic mass is 15.3. The van der Waals surface area contributed by atoms with Crippen LogP contribution in [0, 0.1) is 0 Å². The summed E-state index contributed by atoms with van der Waals surface area (Å²) in [6.45, 7) is 8.52. The molecule has 0 spiro atoms. The van der Waals surface area contributed by atoms with E-state index in [1.165, 1.54) is 45.6 Å². The molecule has 88 valence electrons. The fourth-order valence-corrected chi connectivity index (χ4v) is 2.66. The van der Waals surface area contributed by atoms with E-state index in [1.807, 2.05) is 0 Å². The Labute approximate surface area is 94.0 Å². The number of piperazine rings is 1. The minimum absolute atomic E-state index is 0.861. The van der Waals surface area contributed by atoms with E-state index in [4.69, 9.17) is 0 Å². The van der Waals surface area contributed by atoms with Crippen LogP contribution in [0.4, 0.5) is 0 Å². The van der Waals surface area contributed by atoms with Crippen molar-refractivity contribution in [2.45, 2.75) is 31.8 Å². The Morgan fingerprint density at radius 3 is 2.27 bits per heavy atom. The molecule has 0 radical (unpaired) electrons. The second kappa shape index (κ2) is 4.81. The first-order chi connectivity index (χ1) is 7.20. The monoisotopic (exact) mass is 211 g/mol. The first-order valence-electron chi connectivity index (χ1n) is 6.33. The SMILES string of the molecule is CCN(C)[C@H]1C[C@@H](N2CCN(C)CC2)C1. The van der Waals surface area contributed by atoms with E-state index < -0.39 is 0 Å². The normalized spacial score (nSPS) is 34.4. The largest absolute Gasteiger partial charge is 0.304 e. The van der Waals surface area contributed by atoms with Crippen LogP contribution in [0.25, 0.3) is 0 Å². The molecule has 1 aliphatic heterocycles. The van der Waals surface area contributed by atoms with Crippen molar-refractivity contribution in [3.8, 4) is 0 Å². The maximum Gasteiger partial charge on any atom is 0.0126 e. The zero-order valence-corrected chi connectivity index (χ0v) is 10.4. The van der Waals surface area contributed by atoms with Crippen molar-refractivity contribution in [2.24, 2.45) is 0 Å². The van der Waals surface area contributed by atoms with Crippen LogP contribution in [-0.2, 0) is 0 Å². The quantitative estimate of drug-likeness (QED) is 0.681. The molecule has 1 aliphatic carbocycles. The summed E-state index contributed by atoms with van der Waals surface area (Å²) in [5, 5.41) is 0. The molecule has 0 aromatic rings. The number of rotatable bonds is 3. The lowest BCUT2D eigenvalue weighted by atomic mass is 9.84. The van der Waals surface area contributed by atoms with Crippen LogP contribution in [-0.4, -0.2) is 73.6 Å². The van der Waals surface area contributed by atoms with E-state index in [-0.39, 0.29) is 0 Å². The minimum Gasteiger partial charge on any atom is -0.304 e. The van der Waals surface area contributed by atoms with E-state index in [0.29, 0.717) is 0 Å². The third-order valence-corrected chi connectivity index (χ3v) is 4.26. The maximum atomic E-state index is 2.69. The molecular formula is C12H25N3. The van der Waals surface area contributed by atoms with E-state index in [9.17, 15) is 0 Å². The smallest absolute Gasteiger partial charge is 0.0126 e. The van der Waals surface area contributed by atoms with E-state index in [0.717, 1.165) is 12.1 Å². The molecule has 1 saturated heterocycles. The Bertz CT molecular complexity index is 193. The summed E-state index contributed by atoms with van der Waals surface area (Å²) >= 11 is 0. The molecule has 0 bridgehead atoms. The molecule has 3 heteroatoms. The summed E-state index contributed by atoms with van der Waals surface area (Å²) in [6, 6.07) is 1.75. The summed E-state index contributed by atoms with van der Waals surface area (Å²) in [7, 11) is 4.48. The number of nitrogens with zero attached hydrogens (tertiary/aromatic N) is 3. The highest BCUT2D eigenvalue weighted by Gasteiger charge is 2.35. The third kappa shape index (κ3) is 2.52. The second-order valence-electron chi connectivity index (χ2n) is 5.19. The van der Waals surface area contributed by atoms with Crippen LogP contribution in [0.2, 0.25) is 0 Å². The van der Waals surface area contributed by atoms with Gasteiger partial charge in [0.25, 0.3) is 0 Å². The van der Waals surface area contributed by atoms with Crippen LogP contribution in [0.3, 0.4) is 0 Å². The first-order valence-corrected chi connectivity index (χ1v) is 6.33. The highest BCUT2D eigenvalue weighted by Crippen LogP contribution is 2.29. The topological polar surface area (TPSA) is 9.72 Å². The second-order valence-corrected chi connectivity index (χ2v) is 5.19. The first kappa shape index (κ1) is 11.4. The van der Waals surface area contributed by atoms with Crippen molar-refractivity contribution in [3.63, 3.8) is 0 Å². The lowest BCUT2D eigenvalue weighted by molar-refractivity contribution is 0.0189. The average Bonchev–Trinajstić information content (AvgIpc) is 2.18. The molecule has 3 nitrogen and oxygen atoms in total. The standard InChI is InChI=1S/C12H25N3/c1-4-14(3)11-9-12(10-11)15-7-5-13(2)6-8-15/h11-12H,4-10H2,1-3H3/t11-,12+. The molecule has 0 aromatic heterocycles. The van der Waals surface area contributed by atoms with Crippen LogP contribution < -0.4 is 0 Å². The Morgan fingerprint density at radius 1 is 1.13 bits per heavy atom. The molecule has 0 aromatic carbocycles. The Balaban J connectivity index is 1.70. The highest BCUT2D eigenvalue weighted by molar-refractivity contribution is 4.93. The van der Waals surface area contributed by atoms with E-state index in [2.05, 4.69) is 35.7 Å². The molecule has 2 fully saturated rings. The lowest BCUT2D eigenvalue weighted by Gasteiger charge is -2.48. The number of hydrogen-bond donors (Lipinski definition) is 0. The summed E-state index contributed by atoms with van der Waals surface area (Å²) in [6.07, 6.45) is 2.79. The van der Waals surface area contributed by atoms with Crippen molar-refractivity contribution in [1.29, 1.82) is 0 Å². The Hall–Kier alpha value is -0.120. The summed E-state index contributed by atoms with van der Waals surface area (Å²) in [5.41, 5.74) is 0. The third-order valence-electron chi connectivity index (χ3n) is 4.26. The van der Waals surface area contributed by atoms with Crippen LogP contribution in [0.1, 0.15) is 19.8 Å². The van der Waals surface area contributed by atoms with Gasteiger partial charge in [-0.15, -0.1) is 0 Å².